The van der Waals surface area contributed by atoms with Gasteiger partial charge >= 0.3 is 0 Å². The number of ether oxygens (including phenoxy) is 2. The topological polar surface area (TPSA) is 122 Å². The number of rotatable bonds is 21. The number of carbonyl (C=O) groups is 2. The summed E-state index contributed by atoms with van der Waals surface area (Å²) < 4.78 is 24.1. The molecule has 0 aliphatic rings. The van der Waals surface area contributed by atoms with E-state index < -0.39 is 8.53 Å². The number of hydrogen-bond acceptors (Lipinski definition) is 10. The highest BCUT2D eigenvalue weighted by molar-refractivity contribution is 7.44. The summed E-state index contributed by atoms with van der Waals surface area (Å²) in [5.74, 6) is 0.0185. The Morgan fingerprint density at radius 2 is 1.44 bits per heavy atom. The second-order valence-corrected chi connectivity index (χ2v) is 9.39. The Labute approximate surface area is 221 Å². The van der Waals surface area contributed by atoms with Gasteiger partial charge in [0.15, 0.2) is 5.78 Å². The lowest BCUT2D eigenvalue weighted by Gasteiger charge is -2.35. The number of hydrogen-bond donors (Lipinski definition) is 2. The van der Waals surface area contributed by atoms with E-state index in [1.165, 1.54) is 13.0 Å². The summed E-state index contributed by atoms with van der Waals surface area (Å²) in [6.45, 7) is 18.6. The summed E-state index contributed by atoms with van der Waals surface area (Å²) in [4.78, 5) is 20.0. The third-order valence-electron chi connectivity index (χ3n) is 3.98. The summed E-state index contributed by atoms with van der Waals surface area (Å²) in [7, 11) is 2.65. The zero-order chi connectivity index (χ0) is 28.0. The second kappa shape index (κ2) is 31.7. The number of ketones is 1. The van der Waals surface area contributed by atoms with Gasteiger partial charge in [-0.1, -0.05) is 6.58 Å². The van der Waals surface area contributed by atoms with E-state index in [1.54, 1.807) is 0 Å². The van der Waals surface area contributed by atoms with Crippen LogP contribution in [0.1, 0.15) is 53.9 Å². The molecule has 1 unspecified atom stereocenters. The van der Waals surface area contributed by atoms with Crippen LogP contribution in [0.25, 0.3) is 0 Å². The van der Waals surface area contributed by atoms with Gasteiger partial charge in [0, 0.05) is 31.6 Å². The van der Waals surface area contributed by atoms with Gasteiger partial charge in [-0.3, -0.25) is 4.79 Å². The van der Waals surface area contributed by atoms with Crippen LogP contribution in [-0.4, -0.2) is 95.6 Å². The summed E-state index contributed by atoms with van der Waals surface area (Å²) in [5, 5.41) is 14.6. The maximum absolute atomic E-state index is 10.3. The Bertz CT molecular complexity index is 529. The Balaban J connectivity index is -0.000000543. The summed E-state index contributed by atoms with van der Waals surface area (Å²) >= 11 is 0. The van der Waals surface area contributed by atoms with Gasteiger partial charge in [0.1, 0.15) is 6.29 Å². The van der Waals surface area contributed by atoms with Crippen LogP contribution in [0.4, 0.5) is 0 Å². The zero-order valence-electron chi connectivity index (χ0n) is 23.6. The molecule has 0 aromatic rings. The van der Waals surface area contributed by atoms with E-state index in [-0.39, 0.29) is 5.78 Å². The molecule has 11 heteroatoms. The molecular weight excluding hydrogens is 483 g/mol. The van der Waals surface area contributed by atoms with E-state index >= 15 is 0 Å². The lowest BCUT2D eigenvalue weighted by Crippen LogP contribution is -2.33. The lowest BCUT2D eigenvalue weighted by atomic mass is 10.3. The Kier molecular flexibility index (Phi) is 34.6. The summed E-state index contributed by atoms with van der Waals surface area (Å²) in [5.41, 5.74) is 0. The van der Waals surface area contributed by atoms with Gasteiger partial charge in [0.25, 0.3) is 8.53 Å². The Morgan fingerprint density at radius 1 is 0.972 bits per heavy atom. The Morgan fingerprint density at radius 3 is 1.81 bits per heavy atom. The first-order chi connectivity index (χ1) is 17.2. The molecule has 0 saturated heterocycles. The molecule has 36 heavy (non-hydrogen) atoms. The number of nitrogens with zero attached hydrogens (tertiary/aromatic N) is 2. The smallest absolute Gasteiger partial charge is 0.259 e. The molecule has 0 amide bonds. The number of aldehydes is 1. The fraction of sp³-hybridized carbons (Fsp3) is 0.800. The van der Waals surface area contributed by atoms with Gasteiger partial charge in [0.05, 0.1) is 52.1 Å². The van der Waals surface area contributed by atoms with E-state index in [1.807, 2.05) is 14.1 Å². The first-order valence-corrected chi connectivity index (χ1v) is 13.6. The first kappa shape index (κ1) is 39.2. The molecule has 0 rings (SSSR count). The van der Waals surface area contributed by atoms with Crippen LogP contribution in [0.5, 0.6) is 0 Å². The van der Waals surface area contributed by atoms with Crippen molar-refractivity contribution in [3.05, 3.63) is 12.7 Å². The molecule has 2 N–H and O–H groups in total. The average Bonchev–Trinajstić information content (AvgIpc) is 2.83. The molecule has 0 heterocycles. The maximum Gasteiger partial charge on any atom is 0.259 e. The molecule has 0 bridgehead atoms. The van der Waals surface area contributed by atoms with Crippen molar-refractivity contribution in [2.24, 2.45) is 0 Å². The van der Waals surface area contributed by atoms with Crippen LogP contribution in [-0.2, 0) is 28.1 Å². The number of unbranched alkanes of at least 4 members (excludes halogenated alkanes) is 1. The minimum atomic E-state index is -1.16. The second-order valence-electron chi connectivity index (χ2n) is 7.94. The molecule has 0 aromatic carbocycles. The fourth-order valence-electron chi connectivity index (χ4n) is 2.29. The van der Waals surface area contributed by atoms with Crippen molar-refractivity contribution in [2.45, 2.75) is 66.0 Å². The van der Waals surface area contributed by atoms with E-state index in [4.69, 9.17) is 23.8 Å². The van der Waals surface area contributed by atoms with Crippen LogP contribution in [0.2, 0.25) is 0 Å². The first-order valence-electron chi connectivity index (χ1n) is 12.5. The summed E-state index contributed by atoms with van der Waals surface area (Å²) in [6.07, 6.45) is 3.74. The molecule has 10 nitrogen and oxygen atoms in total. The highest BCUT2D eigenvalue weighted by atomic mass is 31.2. The molecule has 0 fully saturated rings. The highest BCUT2D eigenvalue weighted by Crippen LogP contribution is 2.46. The predicted molar refractivity (Wildman–Crippen MR) is 147 cm³/mol. The van der Waals surface area contributed by atoms with Crippen LogP contribution in [0.3, 0.4) is 0 Å². The fourth-order valence-corrected chi connectivity index (χ4v) is 3.92. The zero-order valence-corrected chi connectivity index (χ0v) is 24.5. The third kappa shape index (κ3) is 30.8. The molecule has 1 atom stereocenters. The van der Waals surface area contributed by atoms with Crippen LogP contribution in [0, 0.1) is 11.3 Å². The molecule has 0 aromatic heterocycles. The van der Waals surface area contributed by atoms with E-state index in [9.17, 15) is 9.59 Å². The normalized spacial score (nSPS) is 11.2. The third-order valence-corrected chi connectivity index (χ3v) is 6.09. The van der Waals surface area contributed by atoms with E-state index in [0.29, 0.717) is 57.8 Å². The van der Waals surface area contributed by atoms with Crippen molar-refractivity contribution < 1.29 is 28.1 Å². The molecular formula is C25H51N4O6P. The van der Waals surface area contributed by atoms with Crippen molar-refractivity contribution in [2.75, 3.05) is 66.8 Å². The minimum Gasteiger partial charge on any atom is -0.378 e. The van der Waals surface area contributed by atoms with E-state index in [2.05, 4.69) is 55.6 Å². The number of allylic oxidation sites excluding steroid dienone is 1. The Hall–Kier alpha value is -1.28. The number of nitrogens with one attached hydrogen (secondary N) is 2. The van der Waals surface area contributed by atoms with Gasteiger partial charge < -0.3 is 33.9 Å². The van der Waals surface area contributed by atoms with Crippen molar-refractivity contribution in [1.82, 2.24) is 15.3 Å². The van der Waals surface area contributed by atoms with Crippen LogP contribution in [0.15, 0.2) is 12.7 Å². The molecule has 0 radical (unpaired) electrons. The van der Waals surface area contributed by atoms with E-state index in [0.717, 1.165) is 32.6 Å². The van der Waals surface area contributed by atoms with Crippen molar-refractivity contribution in [3.63, 3.8) is 0 Å². The quantitative estimate of drug-likeness (QED) is 0.0979. The van der Waals surface area contributed by atoms with Crippen LogP contribution >= 0.6 is 8.53 Å². The monoisotopic (exact) mass is 534 g/mol. The SMILES string of the molecule is C=CC(C)=O.CC(C)N(C(C)C)P(OCCC#N)OCCCC=O.CNCCOCCOCCNC. The van der Waals surface area contributed by atoms with Gasteiger partial charge in [0.2, 0.25) is 0 Å². The van der Waals surface area contributed by atoms with Crippen molar-refractivity contribution >= 4 is 20.6 Å². The molecule has 0 aliphatic carbocycles. The number of carbonyl (C=O) groups excluding carboxylic acids is 2. The maximum atomic E-state index is 10.3. The van der Waals surface area contributed by atoms with Gasteiger partial charge in [-0.15, -0.1) is 0 Å². The van der Waals surface area contributed by atoms with Gasteiger partial charge in [-0.05, 0) is 61.2 Å². The van der Waals surface area contributed by atoms with Gasteiger partial charge in [-0.2, -0.15) is 5.26 Å². The average molecular weight is 535 g/mol. The molecule has 0 saturated carbocycles. The van der Waals surface area contributed by atoms with Gasteiger partial charge in [-0.25, -0.2) is 4.67 Å². The number of likely N-dealkylation sites (N-methyl/N-ethyl adjacent to an activating group) is 2. The number of nitriles is 1. The van der Waals surface area contributed by atoms with Crippen molar-refractivity contribution in [1.29, 1.82) is 5.26 Å². The molecule has 0 aliphatic heterocycles. The summed E-state index contributed by atoms with van der Waals surface area (Å²) in [6, 6.07) is 2.67. The largest absolute Gasteiger partial charge is 0.378 e. The molecule has 212 valence electrons. The lowest BCUT2D eigenvalue weighted by molar-refractivity contribution is -0.112. The standard InChI is InChI=1S/C13H25N2O3P.C8H20N2O2.C4H6O/c1-12(2)15(13(3)4)19(18-11-7-8-14)17-10-6-5-9-16;1-9-3-5-11-7-8-12-6-4-10-2;1-3-4(2)5/h9,12-13H,5-7,10-11H2,1-4H3;9-10H,3-8H2,1-2H3;3H,1H2,2H3. The minimum absolute atomic E-state index is 0.0185. The molecule has 0 spiro atoms. The van der Waals surface area contributed by atoms with Crippen molar-refractivity contribution in [3.8, 4) is 6.07 Å². The predicted octanol–water partition coefficient (Wildman–Crippen LogP) is 3.48. The van der Waals surface area contributed by atoms with Crippen LogP contribution < -0.4 is 10.6 Å². The highest BCUT2D eigenvalue weighted by Gasteiger charge is 2.26.